The van der Waals surface area contributed by atoms with E-state index < -0.39 is 6.09 Å². The fourth-order valence-electron chi connectivity index (χ4n) is 1.76. The number of ether oxygens (including phenoxy) is 1. The predicted molar refractivity (Wildman–Crippen MR) is 90.1 cm³/mol. The van der Waals surface area contributed by atoms with Crippen LogP contribution in [0.5, 0.6) is 0 Å². The first-order valence-corrected chi connectivity index (χ1v) is 8.32. The molecule has 1 heterocycles. The average molecular weight is 316 g/mol. The number of pyridine rings is 1. The summed E-state index contributed by atoms with van der Waals surface area (Å²) in [5.41, 5.74) is 1.59. The molecule has 0 aliphatic rings. The van der Waals surface area contributed by atoms with Crippen LogP contribution < -0.4 is 5.32 Å². The first-order valence-electron chi connectivity index (χ1n) is 7.33. The van der Waals surface area contributed by atoms with Crippen LogP contribution in [-0.2, 0) is 11.3 Å². The number of anilines is 1. The third-order valence-electron chi connectivity index (χ3n) is 2.96. The number of thioether (sulfide) groups is 1. The van der Waals surface area contributed by atoms with Crippen LogP contribution in [0, 0.1) is 0 Å². The molecule has 1 aromatic heterocycles. The molecule has 1 N–H and O–H groups in total. The van der Waals surface area contributed by atoms with Gasteiger partial charge in [-0.05, 0) is 42.5 Å². The SMILES string of the molecule is CCCCSc1ccc(NC(=O)OCc2cccnc2)cc1. The molecule has 0 saturated carbocycles. The fraction of sp³-hybridized carbons (Fsp3) is 0.294. The van der Waals surface area contributed by atoms with Crippen molar-refractivity contribution >= 4 is 23.5 Å². The van der Waals surface area contributed by atoms with Gasteiger partial charge in [-0.3, -0.25) is 10.3 Å². The second-order valence-electron chi connectivity index (χ2n) is 4.79. The summed E-state index contributed by atoms with van der Waals surface area (Å²) in [6.07, 6.45) is 5.32. The molecule has 2 rings (SSSR count). The van der Waals surface area contributed by atoms with Crippen molar-refractivity contribution in [1.82, 2.24) is 4.98 Å². The number of benzene rings is 1. The van der Waals surface area contributed by atoms with Crippen molar-refractivity contribution in [2.24, 2.45) is 0 Å². The van der Waals surface area contributed by atoms with E-state index >= 15 is 0 Å². The van der Waals surface area contributed by atoms with Crippen molar-refractivity contribution in [2.75, 3.05) is 11.1 Å². The Labute approximate surface area is 135 Å². The quantitative estimate of drug-likeness (QED) is 0.593. The van der Waals surface area contributed by atoms with Crippen molar-refractivity contribution in [1.29, 1.82) is 0 Å². The molecule has 22 heavy (non-hydrogen) atoms. The molecule has 0 aliphatic heterocycles. The lowest BCUT2D eigenvalue weighted by atomic mass is 10.3. The molecule has 5 heteroatoms. The number of rotatable bonds is 7. The lowest BCUT2D eigenvalue weighted by Gasteiger charge is -2.07. The lowest BCUT2D eigenvalue weighted by molar-refractivity contribution is 0.155. The van der Waals surface area contributed by atoms with Gasteiger partial charge in [0, 0.05) is 28.5 Å². The fourth-order valence-corrected chi connectivity index (χ4v) is 2.75. The van der Waals surface area contributed by atoms with Crippen LogP contribution in [0.3, 0.4) is 0 Å². The number of nitrogens with zero attached hydrogens (tertiary/aromatic N) is 1. The summed E-state index contributed by atoms with van der Waals surface area (Å²) in [7, 11) is 0. The second-order valence-corrected chi connectivity index (χ2v) is 5.96. The zero-order valence-electron chi connectivity index (χ0n) is 12.6. The van der Waals surface area contributed by atoms with Crippen LogP contribution in [0.4, 0.5) is 10.5 Å². The van der Waals surface area contributed by atoms with Gasteiger partial charge in [-0.15, -0.1) is 11.8 Å². The van der Waals surface area contributed by atoms with E-state index in [4.69, 9.17) is 4.74 Å². The van der Waals surface area contributed by atoms with E-state index in [9.17, 15) is 4.79 Å². The molecule has 116 valence electrons. The van der Waals surface area contributed by atoms with E-state index in [0.29, 0.717) is 0 Å². The van der Waals surface area contributed by atoms with Crippen molar-refractivity contribution in [3.63, 3.8) is 0 Å². The average Bonchev–Trinajstić information content (AvgIpc) is 2.56. The molecule has 4 nitrogen and oxygen atoms in total. The topological polar surface area (TPSA) is 51.2 Å². The zero-order chi connectivity index (χ0) is 15.6. The molecule has 2 aromatic rings. The Morgan fingerprint density at radius 3 is 2.77 bits per heavy atom. The van der Waals surface area contributed by atoms with Crippen LogP contribution in [0.1, 0.15) is 25.3 Å². The van der Waals surface area contributed by atoms with Gasteiger partial charge in [-0.25, -0.2) is 4.79 Å². The number of aromatic nitrogens is 1. The van der Waals surface area contributed by atoms with Crippen LogP contribution in [0.2, 0.25) is 0 Å². The first-order chi connectivity index (χ1) is 10.8. The number of nitrogens with one attached hydrogen (secondary N) is 1. The van der Waals surface area contributed by atoms with E-state index in [-0.39, 0.29) is 6.61 Å². The Bertz CT molecular complexity index is 573. The van der Waals surface area contributed by atoms with E-state index in [0.717, 1.165) is 17.0 Å². The summed E-state index contributed by atoms with van der Waals surface area (Å²) in [5.74, 6) is 1.12. The molecule has 0 atom stereocenters. The van der Waals surface area contributed by atoms with Gasteiger partial charge in [0.1, 0.15) is 6.61 Å². The Balaban J connectivity index is 1.76. The van der Waals surface area contributed by atoms with Crippen molar-refractivity contribution in [2.45, 2.75) is 31.3 Å². The van der Waals surface area contributed by atoms with E-state index in [1.54, 1.807) is 12.4 Å². The second kappa shape index (κ2) is 9.10. The number of unbranched alkanes of at least 4 members (excludes halogenated alkanes) is 1. The van der Waals surface area contributed by atoms with E-state index in [1.807, 2.05) is 48.2 Å². The summed E-state index contributed by atoms with van der Waals surface area (Å²) >= 11 is 1.83. The molecule has 0 fully saturated rings. The summed E-state index contributed by atoms with van der Waals surface area (Å²) in [6, 6.07) is 11.5. The minimum Gasteiger partial charge on any atom is -0.444 e. The third-order valence-corrected chi connectivity index (χ3v) is 4.06. The molecule has 0 saturated heterocycles. The summed E-state index contributed by atoms with van der Waals surface area (Å²) < 4.78 is 5.15. The number of hydrogen-bond donors (Lipinski definition) is 1. The molecular weight excluding hydrogens is 296 g/mol. The molecule has 0 bridgehead atoms. The molecular formula is C17H20N2O2S. The number of carbonyl (C=O) groups excluding carboxylic acids is 1. The van der Waals surface area contributed by atoms with Crippen LogP contribution >= 0.6 is 11.8 Å². The normalized spacial score (nSPS) is 10.2. The van der Waals surface area contributed by atoms with Crippen molar-refractivity contribution in [3.8, 4) is 0 Å². The number of carbonyl (C=O) groups is 1. The largest absolute Gasteiger partial charge is 0.444 e. The van der Waals surface area contributed by atoms with Gasteiger partial charge >= 0.3 is 6.09 Å². The minimum absolute atomic E-state index is 0.213. The van der Waals surface area contributed by atoms with Gasteiger partial charge < -0.3 is 4.74 Å². The minimum atomic E-state index is -0.463. The summed E-state index contributed by atoms with van der Waals surface area (Å²) in [4.78, 5) is 16.9. The van der Waals surface area contributed by atoms with Gasteiger partial charge in [0.2, 0.25) is 0 Å². The smallest absolute Gasteiger partial charge is 0.411 e. The van der Waals surface area contributed by atoms with Gasteiger partial charge in [-0.2, -0.15) is 0 Å². The number of amides is 1. The van der Waals surface area contributed by atoms with Crippen LogP contribution in [0.15, 0.2) is 53.7 Å². The van der Waals surface area contributed by atoms with Gasteiger partial charge in [0.05, 0.1) is 0 Å². The van der Waals surface area contributed by atoms with Gasteiger partial charge in [0.15, 0.2) is 0 Å². The van der Waals surface area contributed by atoms with Gasteiger partial charge in [0.25, 0.3) is 0 Å². The lowest BCUT2D eigenvalue weighted by Crippen LogP contribution is -2.13. The Morgan fingerprint density at radius 2 is 2.09 bits per heavy atom. The summed E-state index contributed by atoms with van der Waals surface area (Å²) in [5, 5.41) is 2.72. The summed E-state index contributed by atoms with van der Waals surface area (Å²) in [6.45, 7) is 2.40. The maximum absolute atomic E-state index is 11.7. The Morgan fingerprint density at radius 1 is 1.27 bits per heavy atom. The van der Waals surface area contributed by atoms with Gasteiger partial charge in [-0.1, -0.05) is 19.4 Å². The molecule has 1 amide bonds. The maximum atomic E-state index is 11.7. The Kier molecular flexibility index (Phi) is 6.77. The highest BCUT2D eigenvalue weighted by atomic mass is 32.2. The zero-order valence-corrected chi connectivity index (χ0v) is 13.4. The molecule has 0 aliphatic carbocycles. The molecule has 1 aromatic carbocycles. The molecule has 0 spiro atoms. The standard InChI is InChI=1S/C17H20N2O2S/c1-2-3-11-22-16-8-6-15(7-9-16)19-17(20)21-13-14-5-4-10-18-12-14/h4-10,12H,2-3,11,13H2,1H3,(H,19,20). The number of hydrogen-bond acceptors (Lipinski definition) is 4. The monoisotopic (exact) mass is 316 g/mol. The maximum Gasteiger partial charge on any atom is 0.411 e. The first kappa shape index (κ1) is 16.4. The molecule has 0 radical (unpaired) electrons. The third kappa shape index (κ3) is 5.77. The Hall–Kier alpha value is -2.01. The predicted octanol–water partition coefficient (Wildman–Crippen LogP) is 4.72. The van der Waals surface area contributed by atoms with E-state index in [1.165, 1.54) is 17.7 Å². The van der Waals surface area contributed by atoms with Crippen LogP contribution in [-0.4, -0.2) is 16.8 Å². The van der Waals surface area contributed by atoms with Crippen molar-refractivity contribution in [3.05, 3.63) is 54.4 Å². The highest BCUT2D eigenvalue weighted by molar-refractivity contribution is 7.99. The highest BCUT2D eigenvalue weighted by Crippen LogP contribution is 2.21. The van der Waals surface area contributed by atoms with Crippen LogP contribution in [0.25, 0.3) is 0 Å². The highest BCUT2D eigenvalue weighted by Gasteiger charge is 2.04. The van der Waals surface area contributed by atoms with E-state index in [2.05, 4.69) is 17.2 Å². The van der Waals surface area contributed by atoms with Crippen molar-refractivity contribution < 1.29 is 9.53 Å². The molecule has 0 unspecified atom stereocenters.